The van der Waals surface area contributed by atoms with E-state index in [1.165, 1.54) is 32.2 Å². The Morgan fingerprint density at radius 3 is 2.29 bits per heavy atom. The average molecular weight is 198 g/mol. The number of likely N-dealkylation sites (N-methyl/N-ethyl adjacent to an activating group) is 1. The van der Waals surface area contributed by atoms with Gasteiger partial charge in [0.1, 0.15) is 0 Å². The Bertz CT molecular complexity index is 144. The summed E-state index contributed by atoms with van der Waals surface area (Å²) in [6.45, 7) is 8.23. The van der Waals surface area contributed by atoms with E-state index in [1.807, 2.05) is 0 Å². The van der Waals surface area contributed by atoms with Crippen LogP contribution in [0.15, 0.2) is 0 Å². The molecule has 1 rings (SSSR count). The molecule has 0 spiro atoms. The van der Waals surface area contributed by atoms with Crippen LogP contribution < -0.4 is 5.32 Å². The van der Waals surface area contributed by atoms with Crippen LogP contribution in [0.1, 0.15) is 46.5 Å². The summed E-state index contributed by atoms with van der Waals surface area (Å²) in [4.78, 5) is 2.67. The highest BCUT2D eigenvalue weighted by Crippen LogP contribution is 2.22. The molecule has 2 heteroatoms. The first kappa shape index (κ1) is 12.0. The summed E-state index contributed by atoms with van der Waals surface area (Å²) >= 11 is 0. The lowest BCUT2D eigenvalue weighted by Crippen LogP contribution is -2.49. The number of nitrogens with one attached hydrogen (secondary N) is 1. The highest BCUT2D eigenvalue weighted by molar-refractivity contribution is 4.82. The van der Waals surface area contributed by atoms with Crippen molar-refractivity contribution in [3.8, 4) is 0 Å². The molecule has 1 fully saturated rings. The number of hydrogen-bond acceptors (Lipinski definition) is 2. The first-order valence-corrected chi connectivity index (χ1v) is 6.12. The van der Waals surface area contributed by atoms with Crippen molar-refractivity contribution in [2.24, 2.45) is 0 Å². The van der Waals surface area contributed by atoms with Gasteiger partial charge in [-0.15, -0.1) is 0 Å². The van der Waals surface area contributed by atoms with Crippen molar-refractivity contribution in [1.29, 1.82) is 0 Å². The van der Waals surface area contributed by atoms with Gasteiger partial charge < -0.3 is 5.32 Å². The molecule has 14 heavy (non-hydrogen) atoms. The van der Waals surface area contributed by atoms with Crippen molar-refractivity contribution < 1.29 is 0 Å². The van der Waals surface area contributed by atoms with Crippen LogP contribution in [0.3, 0.4) is 0 Å². The lowest BCUT2D eigenvalue weighted by atomic mass is 9.96. The van der Waals surface area contributed by atoms with E-state index < -0.39 is 0 Å². The lowest BCUT2D eigenvalue weighted by Gasteiger charge is -2.40. The molecule has 0 bridgehead atoms. The van der Waals surface area contributed by atoms with Gasteiger partial charge in [0, 0.05) is 24.7 Å². The third-order valence-corrected chi connectivity index (χ3v) is 3.71. The smallest absolute Gasteiger partial charge is 0.0189 e. The molecule has 2 nitrogen and oxygen atoms in total. The Hall–Kier alpha value is -0.0800. The fraction of sp³-hybridized carbons (Fsp3) is 1.00. The molecule has 0 saturated carbocycles. The van der Waals surface area contributed by atoms with E-state index in [1.54, 1.807) is 0 Å². The maximum Gasteiger partial charge on any atom is 0.0189 e. The molecular weight excluding hydrogens is 172 g/mol. The number of piperidine rings is 1. The first-order chi connectivity index (χ1) is 6.69. The molecule has 1 saturated heterocycles. The van der Waals surface area contributed by atoms with Crippen LogP contribution in [-0.4, -0.2) is 36.6 Å². The first-order valence-electron chi connectivity index (χ1n) is 6.12. The van der Waals surface area contributed by atoms with Crippen LogP contribution in [-0.2, 0) is 0 Å². The van der Waals surface area contributed by atoms with Crippen LogP contribution in [0.4, 0.5) is 0 Å². The van der Waals surface area contributed by atoms with Gasteiger partial charge in [-0.3, -0.25) is 4.90 Å². The van der Waals surface area contributed by atoms with Crippen molar-refractivity contribution in [3.05, 3.63) is 0 Å². The zero-order valence-electron chi connectivity index (χ0n) is 10.2. The van der Waals surface area contributed by atoms with Gasteiger partial charge in [0.05, 0.1) is 0 Å². The van der Waals surface area contributed by atoms with Gasteiger partial charge in [-0.25, -0.2) is 0 Å². The van der Waals surface area contributed by atoms with Gasteiger partial charge in [0.25, 0.3) is 0 Å². The highest BCUT2D eigenvalue weighted by Gasteiger charge is 2.25. The summed E-state index contributed by atoms with van der Waals surface area (Å²) in [5.74, 6) is 0. The lowest BCUT2D eigenvalue weighted by molar-refractivity contribution is 0.0914. The van der Waals surface area contributed by atoms with E-state index in [9.17, 15) is 0 Å². The van der Waals surface area contributed by atoms with Crippen molar-refractivity contribution in [3.63, 3.8) is 0 Å². The molecule has 0 amide bonds. The second-order valence-corrected chi connectivity index (χ2v) is 4.72. The summed E-state index contributed by atoms with van der Waals surface area (Å²) in [5, 5.41) is 3.40. The molecule has 0 aliphatic carbocycles. The fourth-order valence-corrected chi connectivity index (χ4v) is 2.51. The molecule has 3 unspecified atom stereocenters. The predicted molar refractivity (Wildman–Crippen MR) is 62.6 cm³/mol. The second-order valence-electron chi connectivity index (χ2n) is 4.72. The van der Waals surface area contributed by atoms with Crippen molar-refractivity contribution >= 4 is 0 Å². The molecule has 84 valence electrons. The minimum Gasteiger partial charge on any atom is -0.316 e. The van der Waals surface area contributed by atoms with Gasteiger partial charge >= 0.3 is 0 Å². The third kappa shape index (κ3) is 2.96. The van der Waals surface area contributed by atoms with Crippen LogP contribution in [0.25, 0.3) is 0 Å². The SMILES string of the molecule is CCC(CN1C(C)CCCC1C)NC. The summed E-state index contributed by atoms with van der Waals surface area (Å²) in [5.41, 5.74) is 0. The van der Waals surface area contributed by atoms with Crippen LogP contribution in [0.5, 0.6) is 0 Å². The predicted octanol–water partition coefficient (Wildman–Crippen LogP) is 2.25. The Labute approximate surface area is 89.1 Å². The topological polar surface area (TPSA) is 15.3 Å². The molecule has 0 aromatic carbocycles. The fourth-order valence-electron chi connectivity index (χ4n) is 2.51. The monoisotopic (exact) mass is 198 g/mol. The minimum absolute atomic E-state index is 0.665. The zero-order chi connectivity index (χ0) is 10.6. The van der Waals surface area contributed by atoms with Gasteiger partial charge in [-0.1, -0.05) is 13.3 Å². The third-order valence-electron chi connectivity index (χ3n) is 3.71. The maximum absolute atomic E-state index is 3.40. The van der Waals surface area contributed by atoms with E-state index in [2.05, 4.69) is 38.0 Å². The standard InChI is InChI=1S/C12H26N2/c1-5-12(13-4)9-14-10(2)7-6-8-11(14)3/h10-13H,5-9H2,1-4H3. The molecule has 0 aromatic heterocycles. The van der Waals surface area contributed by atoms with Crippen molar-refractivity contribution in [1.82, 2.24) is 10.2 Å². The summed E-state index contributed by atoms with van der Waals surface area (Å²) < 4.78 is 0. The van der Waals surface area contributed by atoms with Crippen molar-refractivity contribution in [2.75, 3.05) is 13.6 Å². The molecular formula is C12H26N2. The van der Waals surface area contributed by atoms with E-state index in [-0.39, 0.29) is 0 Å². The second kappa shape index (κ2) is 5.72. The highest BCUT2D eigenvalue weighted by atomic mass is 15.2. The summed E-state index contributed by atoms with van der Waals surface area (Å²) in [6.07, 6.45) is 5.40. The van der Waals surface area contributed by atoms with Crippen LogP contribution in [0.2, 0.25) is 0 Å². The normalized spacial score (nSPS) is 31.7. The number of likely N-dealkylation sites (tertiary alicyclic amines) is 1. The van der Waals surface area contributed by atoms with Crippen LogP contribution >= 0.6 is 0 Å². The Kier molecular flexibility index (Phi) is 4.90. The average Bonchev–Trinajstić information content (AvgIpc) is 2.18. The van der Waals surface area contributed by atoms with Gasteiger partial charge in [-0.05, 0) is 40.2 Å². The minimum atomic E-state index is 0.665. The molecule has 1 aliphatic rings. The Morgan fingerprint density at radius 2 is 1.86 bits per heavy atom. The molecule has 3 atom stereocenters. The Morgan fingerprint density at radius 1 is 1.29 bits per heavy atom. The number of nitrogens with zero attached hydrogens (tertiary/aromatic N) is 1. The quantitative estimate of drug-likeness (QED) is 0.745. The molecule has 1 aliphatic heterocycles. The van der Waals surface area contributed by atoms with E-state index in [4.69, 9.17) is 0 Å². The largest absolute Gasteiger partial charge is 0.316 e. The Balaban J connectivity index is 2.46. The van der Waals surface area contributed by atoms with E-state index in [0.29, 0.717) is 6.04 Å². The maximum atomic E-state index is 3.40. The van der Waals surface area contributed by atoms with Crippen molar-refractivity contribution in [2.45, 2.75) is 64.6 Å². The molecule has 1 N–H and O–H groups in total. The van der Waals surface area contributed by atoms with Gasteiger partial charge in [-0.2, -0.15) is 0 Å². The molecule has 0 aromatic rings. The van der Waals surface area contributed by atoms with Crippen LogP contribution in [0, 0.1) is 0 Å². The summed E-state index contributed by atoms with van der Waals surface area (Å²) in [7, 11) is 2.08. The van der Waals surface area contributed by atoms with E-state index >= 15 is 0 Å². The van der Waals surface area contributed by atoms with E-state index in [0.717, 1.165) is 12.1 Å². The molecule has 1 heterocycles. The number of rotatable bonds is 4. The summed E-state index contributed by atoms with van der Waals surface area (Å²) in [6, 6.07) is 2.22. The van der Waals surface area contributed by atoms with Gasteiger partial charge in [0.15, 0.2) is 0 Å². The zero-order valence-corrected chi connectivity index (χ0v) is 10.2. The molecule has 0 radical (unpaired) electrons. The number of hydrogen-bond donors (Lipinski definition) is 1. The van der Waals surface area contributed by atoms with Gasteiger partial charge in [0.2, 0.25) is 0 Å².